The van der Waals surface area contributed by atoms with Gasteiger partial charge in [-0.3, -0.25) is 0 Å². The van der Waals surface area contributed by atoms with Gasteiger partial charge < -0.3 is 9.47 Å². The Kier molecular flexibility index (Phi) is 8.94. The normalized spacial score (nSPS) is 12.9. The van der Waals surface area contributed by atoms with Gasteiger partial charge >= 0.3 is 5.97 Å². The van der Waals surface area contributed by atoms with Crippen LogP contribution in [0.1, 0.15) is 36.1 Å². The number of methoxy groups -OCH3 is 1. The first kappa shape index (κ1) is 21.8. The fourth-order valence-electron chi connectivity index (χ4n) is 2.49. The number of allylic oxidation sites excluding steroid dienone is 6. The molecule has 0 radical (unpaired) electrons. The second-order valence-electron chi connectivity index (χ2n) is 6.12. The molecule has 3 nitrogen and oxygen atoms in total. The Morgan fingerprint density at radius 3 is 2.42 bits per heavy atom. The fourth-order valence-corrected chi connectivity index (χ4v) is 2.59. The van der Waals surface area contributed by atoms with E-state index in [0.717, 1.165) is 22.5 Å². The van der Waals surface area contributed by atoms with Crippen LogP contribution in [0.5, 0.6) is 5.75 Å². The molecule has 0 aliphatic rings. The highest BCUT2D eigenvalue weighted by atomic mass is 35.5. The quantitative estimate of drug-likeness (QED) is 0.261. The largest absolute Gasteiger partial charge is 0.496 e. The van der Waals surface area contributed by atoms with Crippen LogP contribution < -0.4 is 4.74 Å². The van der Waals surface area contributed by atoms with Gasteiger partial charge in [-0.15, -0.1) is 0 Å². The van der Waals surface area contributed by atoms with Crippen LogP contribution in [-0.4, -0.2) is 19.1 Å². The van der Waals surface area contributed by atoms with Crippen molar-refractivity contribution in [2.24, 2.45) is 0 Å². The van der Waals surface area contributed by atoms with Crippen LogP contribution in [0, 0.1) is 20.8 Å². The summed E-state index contributed by atoms with van der Waals surface area (Å²) in [6, 6.07) is 1.93. The van der Waals surface area contributed by atoms with E-state index < -0.39 is 5.97 Å². The van der Waals surface area contributed by atoms with E-state index in [1.807, 2.05) is 32.1 Å². The third-order valence-corrected chi connectivity index (χ3v) is 4.21. The molecule has 0 saturated carbocycles. The zero-order valence-electron chi connectivity index (χ0n) is 16.4. The summed E-state index contributed by atoms with van der Waals surface area (Å²) in [5.41, 5.74) is 6.67. The molecule has 0 aliphatic heterocycles. The molecule has 0 spiro atoms. The summed E-state index contributed by atoms with van der Waals surface area (Å²) in [6.45, 7) is 10.1. The highest BCUT2D eigenvalue weighted by Gasteiger charge is 2.08. The lowest BCUT2D eigenvalue weighted by Crippen LogP contribution is -1.98. The first-order valence-electron chi connectivity index (χ1n) is 8.39. The van der Waals surface area contributed by atoms with Crippen molar-refractivity contribution in [1.29, 1.82) is 0 Å². The molecule has 0 heterocycles. The molecule has 4 heteroatoms. The number of hydrogen-bond acceptors (Lipinski definition) is 3. The molecule has 0 unspecified atom stereocenters. The number of carbonyl (C=O) groups is 1. The molecular weight excluding hydrogens is 348 g/mol. The third-order valence-electron chi connectivity index (χ3n) is 4.10. The Morgan fingerprint density at radius 1 is 1.12 bits per heavy atom. The van der Waals surface area contributed by atoms with Gasteiger partial charge in [0.2, 0.25) is 0 Å². The van der Waals surface area contributed by atoms with Crippen LogP contribution in [0.3, 0.4) is 0 Å². The second kappa shape index (κ2) is 10.7. The third kappa shape index (κ3) is 6.57. The summed E-state index contributed by atoms with van der Waals surface area (Å²) in [7, 11) is 1.70. The number of carbonyl (C=O) groups excluding carboxylic acids is 1. The molecule has 0 amide bonds. The smallest absolute Gasteiger partial charge is 0.332 e. The number of benzene rings is 1. The Bertz CT molecular complexity index is 768. The second-order valence-corrected chi connectivity index (χ2v) is 6.34. The van der Waals surface area contributed by atoms with Crippen LogP contribution in [0.25, 0.3) is 6.08 Å². The van der Waals surface area contributed by atoms with Crippen molar-refractivity contribution in [3.63, 3.8) is 0 Å². The zero-order chi connectivity index (χ0) is 19.7. The first-order chi connectivity index (χ1) is 12.3. The van der Waals surface area contributed by atoms with Crippen molar-refractivity contribution in [3.05, 3.63) is 69.8 Å². The summed E-state index contributed by atoms with van der Waals surface area (Å²) in [5, 5.41) is 0. The predicted molar refractivity (Wildman–Crippen MR) is 110 cm³/mol. The highest BCUT2D eigenvalue weighted by Crippen LogP contribution is 2.28. The van der Waals surface area contributed by atoms with Crippen molar-refractivity contribution in [2.75, 3.05) is 13.2 Å². The molecule has 0 atom stereocenters. The predicted octanol–water partition coefficient (Wildman–Crippen LogP) is 5.82. The lowest BCUT2D eigenvalue weighted by atomic mass is 9.96. The van der Waals surface area contributed by atoms with Gasteiger partial charge in [0.1, 0.15) is 5.75 Å². The summed E-state index contributed by atoms with van der Waals surface area (Å²) in [5.74, 6) is 0.478. The number of aryl methyl sites for hydroxylation is 1. The van der Waals surface area contributed by atoms with Gasteiger partial charge in [-0.1, -0.05) is 47.6 Å². The van der Waals surface area contributed by atoms with Gasteiger partial charge in [-0.05, 0) is 68.5 Å². The molecule has 0 aliphatic carbocycles. The van der Waals surface area contributed by atoms with Crippen LogP contribution in [-0.2, 0) is 9.53 Å². The minimum atomic E-state index is -0.441. The standard InChI is InChI=1S/C22H27ClO3/c1-15(8-7-9-16(2)12-22(24)26-14-23)10-11-20-17(3)13-21(25-6)19(5)18(20)4/h7-13H,14H2,1-6H3. The van der Waals surface area contributed by atoms with E-state index in [2.05, 4.69) is 43.7 Å². The van der Waals surface area contributed by atoms with Gasteiger partial charge in [0.05, 0.1) is 7.11 Å². The van der Waals surface area contributed by atoms with Crippen LogP contribution in [0.4, 0.5) is 0 Å². The van der Waals surface area contributed by atoms with Crippen molar-refractivity contribution >= 4 is 23.6 Å². The van der Waals surface area contributed by atoms with Crippen molar-refractivity contribution in [2.45, 2.75) is 34.6 Å². The Labute approximate surface area is 161 Å². The average Bonchev–Trinajstić information content (AvgIpc) is 2.58. The number of halogens is 1. The molecule has 1 aromatic rings. The number of alkyl halides is 1. The Hall–Kier alpha value is -2.26. The van der Waals surface area contributed by atoms with E-state index >= 15 is 0 Å². The number of esters is 1. The van der Waals surface area contributed by atoms with Crippen molar-refractivity contribution < 1.29 is 14.3 Å². The highest BCUT2D eigenvalue weighted by molar-refractivity contribution is 6.17. The van der Waals surface area contributed by atoms with Gasteiger partial charge in [0.25, 0.3) is 0 Å². The minimum absolute atomic E-state index is 0.139. The molecule has 26 heavy (non-hydrogen) atoms. The maximum Gasteiger partial charge on any atom is 0.332 e. The van der Waals surface area contributed by atoms with Gasteiger partial charge in [0.15, 0.2) is 6.07 Å². The Morgan fingerprint density at radius 2 is 1.81 bits per heavy atom. The average molecular weight is 375 g/mol. The van der Waals surface area contributed by atoms with E-state index in [9.17, 15) is 4.79 Å². The monoisotopic (exact) mass is 374 g/mol. The fraction of sp³-hybridized carbons (Fsp3) is 0.318. The van der Waals surface area contributed by atoms with Crippen LogP contribution >= 0.6 is 11.6 Å². The Balaban J connectivity index is 2.89. The molecule has 0 fully saturated rings. The molecule has 0 aromatic heterocycles. The minimum Gasteiger partial charge on any atom is -0.496 e. The van der Waals surface area contributed by atoms with Gasteiger partial charge in [-0.2, -0.15) is 0 Å². The van der Waals surface area contributed by atoms with Crippen LogP contribution in [0.15, 0.2) is 47.6 Å². The summed E-state index contributed by atoms with van der Waals surface area (Å²) in [4.78, 5) is 11.3. The molecular formula is C22H27ClO3. The molecule has 0 saturated heterocycles. The summed E-state index contributed by atoms with van der Waals surface area (Å²) < 4.78 is 10.1. The first-order valence-corrected chi connectivity index (χ1v) is 8.92. The number of ether oxygens (including phenoxy) is 2. The summed E-state index contributed by atoms with van der Waals surface area (Å²) in [6.07, 6.45) is 11.3. The molecule has 0 bridgehead atoms. The van der Waals surface area contributed by atoms with E-state index in [1.165, 1.54) is 22.8 Å². The number of hydrogen-bond donors (Lipinski definition) is 0. The van der Waals surface area contributed by atoms with E-state index in [4.69, 9.17) is 16.3 Å². The van der Waals surface area contributed by atoms with Gasteiger partial charge in [0, 0.05) is 6.08 Å². The van der Waals surface area contributed by atoms with Crippen molar-refractivity contribution in [3.8, 4) is 5.75 Å². The maximum absolute atomic E-state index is 11.3. The zero-order valence-corrected chi connectivity index (χ0v) is 17.1. The lowest BCUT2D eigenvalue weighted by molar-refractivity contribution is -0.135. The SMILES string of the molecule is COc1cc(C)c(C=CC(C)=CC=CC(C)=CC(=O)OCCl)c(C)c1C. The number of rotatable bonds is 7. The molecule has 0 N–H and O–H groups in total. The van der Waals surface area contributed by atoms with E-state index in [1.54, 1.807) is 7.11 Å². The molecule has 140 valence electrons. The lowest BCUT2D eigenvalue weighted by Gasteiger charge is -2.13. The van der Waals surface area contributed by atoms with E-state index in [-0.39, 0.29) is 6.07 Å². The van der Waals surface area contributed by atoms with Gasteiger partial charge in [-0.25, -0.2) is 4.79 Å². The topological polar surface area (TPSA) is 35.5 Å². The maximum atomic E-state index is 11.3. The van der Waals surface area contributed by atoms with Crippen LogP contribution in [0.2, 0.25) is 0 Å². The van der Waals surface area contributed by atoms with Crippen molar-refractivity contribution in [1.82, 2.24) is 0 Å². The molecule has 1 aromatic carbocycles. The summed E-state index contributed by atoms with van der Waals surface area (Å²) >= 11 is 5.35. The van der Waals surface area contributed by atoms with E-state index in [0.29, 0.717) is 0 Å². The molecule has 1 rings (SSSR count).